The van der Waals surface area contributed by atoms with E-state index in [0.29, 0.717) is 22.6 Å². The maximum absolute atomic E-state index is 13.2. The van der Waals surface area contributed by atoms with Gasteiger partial charge in [-0.05, 0) is 62.2 Å². The van der Waals surface area contributed by atoms with Crippen LogP contribution in [0.4, 0.5) is 10.5 Å². The number of hydrogen-bond donors (Lipinski definition) is 2. The summed E-state index contributed by atoms with van der Waals surface area (Å²) in [5.74, 6) is 0.0257. The van der Waals surface area contributed by atoms with Crippen molar-refractivity contribution in [3.05, 3.63) is 95.1 Å². The Hall–Kier alpha value is -4.33. The van der Waals surface area contributed by atoms with Crippen LogP contribution in [0.1, 0.15) is 47.0 Å². The maximum atomic E-state index is 13.2. The summed E-state index contributed by atoms with van der Waals surface area (Å²) in [4.78, 5) is 40.2. The number of rotatable bonds is 8. The predicted molar refractivity (Wildman–Crippen MR) is 140 cm³/mol. The van der Waals surface area contributed by atoms with Crippen LogP contribution in [0, 0.1) is 6.92 Å². The molecule has 1 fully saturated rings. The smallest absolute Gasteiger partial charge is 0.411 e. The molecule has 4 rings (SSSR count). The molecule has 2 N–H and O–H groups in total. The number of amides is 3. The van der Waals surface area contributed by atoms with Gasteiger partial charge in [0.05, 0.1) is 13.7 Å². The van der Waals surface area contributed by atoms with E-state index in [2.05, 4.69) is 10.6 Å². The molecule has 3 aromatic rings. The average molecular weight is 502 g/mol. The zero-order valence-corrected chi connectivity index (χ0v) is 21.4. The molecule has 0 bridgehead atoms. The van der Waals surface area contributed by atoms with Crippen LogP contribution in [0.3, 0.4) is 0 Å². The largest absolute Gasteiger partial charge is 0.497 e. The molecule has 0 spiro atoms. The number of hydrogen-bond acceptors (Lipinski definition) is 5. The minimum Gasteiger partial charge on any atom is -0.497 e. The molecule has 2 atom stereocenters. The van der Waals surface area contributed by atoms with Crippen molar-refractivity contribution in [3.8, 4) is 5.75 Å². The number of benzene rings is 3. The van der Waals surface area contributed by atoms with Gasteiger partial charge in [0.15, 0.2) is 12.1 Å². The van der Waals surface area contributed by atoms with E-state index >= 15 is 0 Å². The van der Waals surface area contributed by atoms with Gasteiger partial charge in [0.2, 0.25) is 5.91 Å². The number of aryl methyl sites for hydroxylation is 1. The van der Waals surface area contributed by atoms with Crippen LogP contribution in [-0.2, 0) is 16.1 Å². The lowest BCUT2D eigenvalue weighted by molar-refractivity contribution is -0.126. The second-order valence-corrected chi connectivity index (χ2v) is 9.33. The number of anilines is 1. The van der Waals surface area contributed by atoms with Gasteiger partial charge in [0.25, 0.3) is 5.91 Å². The van der Waals surface area contributed by atoms with Crippen molar-refractivity contribution in [3.63, 3.8) is 0 Å². The topological polar surface area (TPSA) is 97.0 Å². The first-order valence-corrected chi connectivity index (χ1v) is 12.1. The molecular weight excluding hydrogens is 470 g/mol. The van der Waals surface area contributed by atoms with Gasteiger partial charge in [0.1, 0.15) is 5.75 Å². The first kappa shape index (κ1) is 25.8. The molecule has 0 unspecified atom stereocenters. The van der Waals surface area contributed by atoms with Gasteiger partial charge < -0.3 is 20.1 Å². The molecule has 8 heteroatoms. The Morgan fingerprint density at radius 3 is 2.38 bits per heavy atom. The normalized spacial score (nSPS) is 16.9. The van der Waals surface area contributed by atoms with E-state index in [9.17, 15) is 14.4 Å². The van der Waals surface area contributed by atoms with E-state index in [-0.39, 0.29) is 24.4 Å². The second kappa shape index (κ2) is 11.2. The third-order valence-electron chi connectivity index (χ3n) is 6.09. The molecule has 1 aliphatic heterocycles. The number of methoxy groups -OCH3 is 1. The second-order valence-electron chi connectivity index (χ2n) is 9.33. The lowest BCUT2D eigenvalue weighted by atomic mass is 10.00. The Labute approximate surface area is 216 Å². The number of carbonyl (C=O) groups is 3. The Bertz CT molecular complexity index is 1270. The fourth-order valence-corrected chi connectivity index (χ4v) is 4.19. The first-order chi connectivity index (χ1) is 17.7. The average Bonchev–Trinajstić information content (AvgIpc) is 3.21. The highest BCUT2D eigenvalue weighted by Crippen LogP contribution is 2.34. The van der Waals surface area contributed by atoms with Crippen molar-refractivity contribution >= 4 is 23.6 Å². The summed E-state index contributed by atoms with van der Waals surface area (Å²) in [6, 6.07) is 20.7. The Balaban J connectivity index is 1.54. The molecule has 0 saturated carbocycles. The molecule has 0 radical (unpaired) electrons. The van der Waals surface area contributed by atoms with Gasteiger partial charge in [-0.1, -0.05) is 48.0 Å². The van der Waals surface area contributed by atoms with Gasteiger partial charge in [0, 0.05) is 17.3 Å². The molecule has 1 saturated heterocycles. The summed E-state index contributed by atoms with van der Waals surface area (Å²) in [5.41, 5.74) is 3.70. The molecular formula is C29H31N3O5. The number of nitrogens with zero attached hydrogens (tertiary/aromatic N) is 1. The zero-order valence-electron chi connectivity index (χ0n) is 21.4. The van der Waals surface area contributed by atoms with Crippen LogP contribution >= 0.6 is 0 Å². The number of nitrogens with one attached hydrogen (secondary N) is 2. The van der Waals surface area contributed by atoms with E-state index in [1.807, 2.05) is 45.0 Å². The summed E-state index contributed by atoms with van der Waals surface area (Å²) in [5, 5.41) is 5.76. The monoisotopic (exact) mass is 501 g/mol. The molecule has 1 aliphatic rings. The summed E-state index contributed by atoms with van der Waals surface area (Å²) < 4.78 is 10.9. The molecule has 0 aliphatic carbocycles. The molecule has 0 aromatic heterocycles. The lowest BCUT2D eigenvalue weighted by Gasteiger charge is -2.25. The number of carbonyl (C=O) groups excluding carboxylic acids is 3. The standard InChI is InChI=1S/C29H31N3O5/c1-18(2)30-28(34)25-26(37-29(35)32(25)17-20-10-8-19(3)9-11-20)21-12-14-23(15-13-21)31-27(33)22-6-5-7-24(16-22)36-4/h5-16,18,25-26H,17H2,1-4H3,(H,30,34)(H,31,33)/t25-,26+/m1/s1. The first-order valence-electron chi connectivity index (χ1n) is 12.1. The molecule has 3 amide bonds. The third-order valence-corrected chi connectivity index (χ3v) is 6.09. The van der Waals surface area contributed by atoms with Crippen LogP contribution in [0.15, 0.2) is 72.8 Å². The molecule has 192 valence electrons. The van der Waals surface area contributed by atoms with Crippen molar-refractivity contribution < 1.29 is 23.9 Å². The van der Waals surface area contributed by atoms with Crippen molar-refractivity contribution in [2.24, 2.45) is 0 Å². The van der Waals surface area contributed by atoms with E-state index in [0.717, 1.165) is 11.1 Å². The van der Waals surface area contributed by atoms with E-state index in [4.69, 9.17) is 9.47 Å². The lowest BCUT2D eigenvalue weighted by Crippen LogP contribution is -2.48. The highest BCUT2D eigenvalue weighted by atomic mass is 16.6. The Morgan fingerprint density at radius 1 is 1.03 bits per heavy atom. The van der Waals surface area contributed by atoms with Gasteiger partial charge in [-0.3, -0.25) is 14.5 Å². The van der Waals surface area contributed by atoms with Crippen molar-refractivity contribution in [1.82, 2.24) is 10.2 Å². The van der Waals surface area contributed by atoms with Crippen LogP contribution in [-0.4, -0.2) is 42.0 Å². The highest BCUT2D eigenvalue weighted by molar-refractivity contribution is 6.04. The van der Waals surface area contributed by atoms with Crippen LogP contribution in [0.2, 0.25) is 0 Å². The number of cyclic esters (lactones) is 1. The minimum absolute atomic E-state index is 0.0979. The van der Waals surface area contributed by atoms with Gasteiger partial charge in [-0.25, -0.2) is 4.79 Å². The molecule has 3 aromatic carbocycles. The predicted octanol–water partition coefficient (Wildman–Crippen LogP) is 4.84. The highest BCUT2D eigenvalue weighted by Gasteiger charge is 2.47. The van der Waals surface area contributed by atoms with Gasteiger partial charge >= 0.3 is 6.09 Å². The third kappa shape index (κ3) is 6.09. The van der Waals surface area contributed by atoms with Crippen molar-refractivity contribution in [2.45, 2.75) is 45.5 Å². The Kier molecular flexibility index (Phi) is 7.77. The van der Waals surface area contributed by atoms with E-state index < -0.39 is 18.2 Å². The van der Waals surface area contributed by atoms with E-state index in [1.54, 1.807) is 55.6 Å². The van der Waals surface area contributed by atoms with Crippen LogP contribution < -0.4 is 15.4 Å². The van der Waals surface area contributed by atoms with Gasteiger partial charge in [-0.15, -0.1) is 0 Å². The summed E-state index contributed by atoms with van der Waals surface area (Å²) in [7, 11) is 1.54. The van der Waals surface area contributed by atoms with E-state index in [1.165, 1.54) is 4.90 Å². The van der Waals surface area contributed by atoms with Crippen molar-refractivity contribution in [1.29, 1.82) is 0 Å². The number of ether oxygens (including phenoxy) is 2. The quantitative estimate of drug-likeness (QED) is 0.460. The summed E-state index contributed by atoms with van der Waals surface area (Å²) in [6.07, 6.45) is -1.34. The summed E-state index contributed by atoms with van der Waals surface area (Å²) in [6.45, 7) is 5.98. The van der Waals surface area contributed by atoms with Crippen LogP contribution in [0.25, 0.3) is 0 Å². The fourth-order valence-electron chi connectivity index (χ4n) is 4.19. The van der Waals surface area contributed by atoms with Gasteiger partial charge in [-0.2, -0.15) is 0 Å². The van der Waals surface area contributed by atoms with Crippen molar-refractivity contribution in [2.75, 3.05) is 12.4 Å². The zero-order chi connectivity index (χ0) is 26.5. The molecule has 37 heavy (non-hydrogen) atoms. The molecule has 1 heterocycles. The van der Waals surface area contributed by atoms with Crippen LogP contribution in [0.5, 0.6) is 5.75 Å². The SMILES string of the molecule is COc1cccc(C(=O)Nc2ccc([C@@H]3OC(=O)N(Cc4ccc(C)cc4)[C@H]3C(=O)NC(C)C)cc2)c1. The fraction of sp³-hybridized carbons (Fsp3) is 0.276. The molecule has 8 nitrogen and oxygen atoms in total. The Morgan fingerprint density at radius 2 is 1.73 bits per heavy atom. The maximum Gasteiger partial charge on any atom is 0.411 e. The summed E-state index contributed by atoms with van der Waals surface area (Å²) >= 11 is 0. The minimum atomic E-state index is -0.839.